The largest absolute Gasteiger partial charge is 0.358 e. The minimum absolute atomic E-state index is 0. The summed E-state index contributed by atoms with van der Waals surface area (Å²) in [4.78, 5) is 3.94. The van der Waals surface area contributed by atoms with Crippen molar-refractivity contribution in [2.24, 2.45) is 0 Å². The van der Waals surface area contributed by atoms with Crippen molar-refractivity contribution in [3.63, 3.8) is 0 Å². The summed E-state index contributed by atoms with van der Waals surface area (Å²) in [6, 6.07) is 0. The Balaban J connectivity index is -0.000000335. The van der Waals surface area contributed by atoms with Gasteiger partial charge in [0.05, 0.1) is 5.60 Å². The van der Waals surface area contributed by atoms with Crippen LogP contribution in [0, 0.1) is 66.6 Å². The average Bonchev–Trinajstić information content (AvgIpc) is 2.86. The SMILES string of the molecule is CC(C)(C)OO.C[C]1[C](C)[C](C)[C](C)[C]1C.C[C]1[C](C)[C](C)[C](C)[C]1C.[CH3-].[Hf]. The van der Waals surface area contributed by atoms with Crippen molar-refractivity contribution in [1.29, 1.82) is 0 Å². The third kappa shape index (κ3) is 9.29. The van der Waals surface area contributed by atoms with Gasteiger partial charge in [0.2, 0.25) is 0 Å². The molecule has 2 aliphatic carbocycles. The summed E-state index contributed by atoms with van der Waals surface area (Å²) in [5.74, 6) is 14.7. The first-order valence-corrected chi connectivity index (χ1v) is 9.39. The smallest absolute Gasteiger partial charge is 0.0949 e. The van der Waals surface area contributed by atoms with E-state index in [0.717, 1.165) is 0 Å². The van der Waals surface area contributed by atoms with Gasteiger partial charge in [-0.05, 0) is 80.0 Å². The van der Waals surface area contributed by atoms with Gasteiger partial charge in [0.25, 0.3) is 0 Å². The van der Waals surface area contributed by atoms with Crippen molar-refractivity contribution >= 4 is 0 Å². The zero-order valence-electron chi connectivity index (χ0n) is 20.9. The van der Waals surface area contributed by atoms with Gasteiger partial charge in [-0.25, -0.2) is 4.89 Å². The van der Waals surface area contributed by atoms with Crippen molar-refractivity contribution in [3.8, 4) is 0 Å². The molecule has 0 atom stereocenters. The first-order valence-electron chi connectivity index (χ1n) is 9.39. The molecule has 0 spiro atoms. The minimum Gasteiger partial charge on any atom is -0.358 e. The fraction of sp³-hybridized carbons (Fsp3) is 0.560. The summed E-state index contributed by atoms with van der Waals surface area (Å²) >= 11 is 0. The number of hydrogen-bond acceptors (Lipinski definition) is 2. The maximum absolute atomic E-state index is 7.90. The molecule has 0 aromatic heterocycles. The Morgan fingerprint density at radius 2 is 0.536 bits per heavy atom. The maximum atomic E-state index is 7.90. The molecule has 0 unspecified atom stereocenters. The van der Waals surface area contributed by atoms with Crippen LogP contribution >= 0.6 is 0 Å². The molecule has 0 amide bonds. The molecule has 1 N–H and O–H groups in total. The predicted octanol–water partition coefficient (Wildman–Crippen LogP) is 7.67. The van der Waals surface area contributed by atoms with E-state index in [-0.39, 0.29) is 33.3 Å². The zero-order valence-corrected chi connectivity index (χ0v) is 24.4. The summed E-state index contributed by atoms with van der Waals surface area (Å²) in [6.07, 6.45) is 0. The van der Waals surface area contributed by atoms with Crippen molar-refractivity contribution in [2.45, 2.75) is 95.6 Å². The van der Waals surface area contributed by atoms with Crippen LogP contribution in [0.1, 0.15) is 90.0 Å². The van der Waals surface area contributed by atoms with Crippen LogP contribution in [0.2, 0.25) is 0 Å². The third-order valence-electron chi connectivity index (χ3n) is 5.90. The number of hydrogen-bond donors (Lipinski definition) is 1. The molecule has 2 rings (SSSR count). The van der Waals surface area contributed by atoms with Crippen molar-refractivity contribution in [1.82, 2.24) is 0 Å². The van der Waals surface area contributed by atoms with Gasteiger partial charge in [0.15, 0.2) is 0 Å². The Kier molecular flexibility index (Phi) is 16.7. The van der Waals surface area contributed by atoms with Crippen molar-refractivity contribution in [3.05, 3.63) is 66.6 Å². The van der Waals surface area contributed by atoms with Gasteiger partial charge < -0.3 is 7.43 Å². The van der Waals surface area contributed by atoms with Crippen LogP contribution in [0.5, 0.6) is 0 Å². The van der Waals surface area contributed by atoms with Crippen LogP contribution in [-0.4, -0.2) is 10.9 Å². The number of rotatable bonds is 0. The van der Waals surface area contributed by atoms with E-state index in [2.05, 4.69) is 74.1 Å². The molecule has 0 aromatic rings. The summed E-state index contributed by atoms with van der Waals surface area (Å²) in [7, 11) is 0. The normalized spacial score (nSPS) is 22.9. The van der Waals surface area contributed by atoms with E-state index < -0.39 is 5.60 Å². The van der Waals surface area contributed by atoms with Gasteiger partial charge in [-0.3, -0.25) is 5.26 Å². The van der Waals surface area contributed by atoms with Gasteiger partial charge in [-0.15, -0.1) is 0 Å². The Morgan fingerprint density at radius 3 is 0.571 bits per heavy atom. The van der Waals surface area contributed by atoms with Crippen molar-refractivity contribution in [2.75, 3.05) is 0 Å². The van der Waals surface area contributed by atoms with Crippen LogP contribution in [-0.2, 0) is 30.7 Å². The second-order valence-electron chi connectivity index (χ2n) is 8.45. The molecule has 160 valence electrons. The molecule has 0 bridgehead atoms. The quantitative estimate of drug-likeness (QED) is 0.144. The average molecular weight is 554 g/mol. The summed E-state index contributed by atoms with van der Waals surface area (Å²) in [5.41, 5.74) is -0.403. The van der Waals surface area contributed by atoms with E-state index in [4.69, 9.17) is 5.26 Å². The molecule has 3 heteroatoms. The summed E-state index contributed by atoms with van der Waals surface area (Å²) < 4.78 is 0. The third-order valence-corrected chi connectivity index (χ3v) is 5.90. The molecule has 0 aliphatic heterocycles. The first kappa shape index (κ1) is 33.4. The van der Waals surface area contributed by atoms with Gasteiger partial charge in [-0.2, -0.15) is 0 Å². The molecule has 2 fully saturated rings. The molecule has 0 saturated heterocycles. The van der Waals surface area contributed by atoms with Gasteiger partial charge in [0.1, 0.15) is 0 Å². The molecule has 2 saturated carbocycles. The van der Waals surface area contributed by atoms with Crippen LogP contribution in [0.3, 0.4) is 0 Å². The van der Waals surface area contributed by atoms with Gasteiger partial charge in [0, 0.05) is 25.8 Å². The topological polar surface area (TPSA) is 29.5 Å². The van der Waals surface area contributed by atoms with E-state index >= 15 is 0 Å². The van der Waals surface area contributed by atoms with Gasteiger partial charge in [-0.1, -0.05) is 69.2 Å². The van der Waals surface area contributed by atoms with Crippen molar-refractivity contribution < 1.29 is 36.0 Å². The molecule has 0 heterocycles. The molecule has 10 radical (unpaired) electrons. The second-order valence-corrected chi connectivity index (χ2v) is 8.45. The fourth-order valence-corrected chi connectivity index (χ4v) is 2.81. The zero-order chi connectivity index (χ0) is 21.0. The molecular weight excluding hydrogens is 511 g/mol. The standard InChI is InChI=1S/2C10H15.C4H10O2.CH3.Hf/c2*1-6-7(2)9(4)10(5)8(6)3;1-4(2,3)6-5;;/h2*1-5H3;5H,1-3H3;1H3;/q;;;-1;. The Hall–Kier alpha value is 0.790. The molecule has 2 aliphatic rings. The van der Waals surface area contributed by atoms with E-state index in [1.807, 2.05) is 0 Å². The molecule has 28 heavy (non-hydrogen) atoms. The molecule has 0 aromatic carbocycles. The molecule has 2 nitrogen and oxygen atoms in total. The second kappa shape index (κ2) is 14.0. The van der Waals surface area contributed by atoms with E-state index in [0.29, 0.717) is 0 Å². The Labute approximate surface area is 197 Å². The van der Waals surface area contributed by atoms with Crippen LogP contribution in [0.25, 0.3) is 0 Å². The minimum atomic E-state index is -0.403. The Bertz CT molecular complexity index is 273. The summed E-state index contributed by atoms with van der Waals surface area (Å²) in [6.45, 7) is 27.3. The van der Waals surface area contributed by atoms with Crippen LogP contribution in [0.15, 0.2) is 0 Å². The monoisotopic (exact) mass is 555 g/mol. The van der Waals surface area contributed by atoms with Gasteiger partial charge >= 0.3 is 0 Å². The Morgan fingerprint density at radius 1 is 0.464 bits per heavy atom. The van der Waals surface area contributed by atoms with E-state index in [1.54, 1.807) is 20.8 Å². The fourth-order valence-electron chi connectivity index (χ4n) is 2.81. The van der Waals surface area contributed by atoms with Crippen LogP contribution in [0.4, 0.5) is 0 Å². The van der Waals surface area contributed by atoms with Crippen LogP contribution < -0.4 is 0 Å². The van der Waals surface area contributed by atoms with E-state index in [9.17, 15) is 0 Å². The summed E-state index contributed by atoms with van der Waals surface area (Å²) in [5, 5.41) is 7.90. The predicted molar refractivity (Wildman–Crippen MR) is 119 cm³/mol. The molecular formula is C25H43HfO2-. The first-order chi connectivity index (χ1) is 11.7. The maximum Gasteiger partial charge on any atom is 0.0949 e. The van der Waals surface area contributed by atoms with E-state index in [1.165, 1.54) is 59.2 Å².